The summed E-state index contributed by atoms with van der Waals surface area (Å²) >= 11 is 0. The molecule has 8 heteroatoms. The van der Waals surface area contributed by atoms with E-state index < -0.39 is 6.09 Å². The molecule has 0 radical (unpaired) electrons. The topological polar surface area (TPSA) is 93.7 Å². The van der Waals surface area contributed by atoms with Crippen molar-refractivity contribution < 1.29 is 14.3 Å². The number of piperazine rings is 1. The number of para-hydroxylation sites is 2. The predicted molar refractivity (Wildman–Crippen MR) is 122 cm³/mol. The fraction of sp³-hybridized carbons (Fsp3) is 0.292. The molecule has 2 heterocycles. The molecule has 1 aliphatic heterocycles. The second-order valence-electron chi connectivity index (χ2n) is 7.81. The highest BCUT2D eigenvalue weighted by Gasteiger charge is 2.26. The van der Waals surface area contributed by atoms with Crippen molar-refractivity contribution >= 4 is 17.7 Å². The molecule has 0 aliphatic carbocycles. The van der Waals surface area contributed by atoms with Crippen molar-refractivity contribution in [3.8, 4) is 11.6 Å². The van der Waals surface area contributed by atoms with Gasteiger partial charge in [-0.1, -0.05) is 36.4 Å². The Morgan fingerprint density at radius 2 is 1.62 bits per heavy atom. The summed E-state index contributed by atoms with van der Waals surface area (Å²) in [5.74, 6) is 0.441. The van der Waals surface area contributed by atoms with E-state index in [0.717, 1.165) is 16.9 Å². The van der Waals surface area contributed by atoms with Gasteiger partial charge in [-0.25, -0.2) is 9.48 Å². The van der Waals surface area contributed by atoms with Crippen LogP contribution in [0.25, 0.3) is 5.69 Å². The third kappa shape index (κ3) is 4.91. The summed E-state index contributed by atoms with van der Waals surface area (Å²) in [6, 6.07) is 18.9. The van der Waals surface area contributed by atoms with Crippen molar-refractivity contribution in [2.45, 2.75) is 19.8 Å². The number of benzene rings is 2. The van der Waals surface area contributed by atoms with Crippen LogP contribution in [0.2, 0.25) is 0 Å². The lowest BCUT2D eigenvalue weighted by Gasteiger charge is -2.34. The minimum absolute atomic E-state index is 0.0686. The van der Waals surface area contributed by atoms with Crippen molar-refractivity contribution in [1.29, 1.82) is 0 Å². The van der Waals surface area contributed by atoms with Crippen LogP contribution in [-0.2, 0) is 11.2 Å². The molecular formula is C24H27N5O3. The van der Waals surface area contributed by atoms with Gasteiger partial charge >= 0.3 is 6.09 Å². The number of hydrogen-bond acceptors (Lipinski definition) is 5. The van der Waals surface area contributed by atoms with E-state index in [1.807, 2.05) is 61.5 Å². The van der Waals surface area contributed by atoms with Crippen molar-refractivity contribution in [2.75, 3.05) is 31.9 Å². The van der Waals surface area contributed by atoms with E-state index in [0.29, 0.717) is 50.6 Å². The maximum Gasteiger partial charge on any atom is 0.416 e. The number of anilines is 1. The molecule has 1 aliphatic rings. The minimum atomic E-state index is -0.439. The second kappa shape index (κ2) is 9.55. The summed E-state index contributed by atoms with van der Waals surface area (Å²) in [6.07, 6.45) is 0.566. The number of amides is 2. The molecule has 2 N–H and O–H groups in total. The van der Waals surface area contributed by atoms with E-state index in [1.54, 1.807) is 20.5 Å². The van der Waals surface area contributed by atoms with Crippen LogP contribution in [0.15, 0.2) is 60.7 Å². The Morgan fingerprint density at radius 3 is 2.34 bits per heavy atom. The van der Waals surface area contributed by atoms with Crippen LogP contribution in [0.1, 0.15) is 17.7 Å². The van der Waals surface area contributed by atoms with Crippen molar-refractivity contribution in [1.82, 2.24) is 19.6 Å². The van der Waals surface area contributed by atoms with E-state index in [9.17, 15) is 9.59 Å². The van der Waals surface area contributed by atoms with Crippen molar-refractivity contribution in [3.63, 3.8) is 0 Å². The first-order chi connectivity index (χ1) is 15.5. The molecule has 1 aromatic heterocycles. The molecule has 0 saturated carbocycles. The summed E-state index contributed by atoms with van der Waals surface area (Å²) in [4.78, 5) is 28.7. The van der Waals surface area contributed by atoms with Crippen LogP contribution < -0.4 is 10.5 Å². The van der Waals surface area contributed by atoms with Gasteiger partial charge in [0.2, 0.25) is 11.8 Å². The Kier molecular flexibility index (Phi) is 6.39. The number of carbonyl (C=O) groups excluding carboxylic acids is 2. The van der Waals surface area contributed by atoms with Gasteiger partial charge in [0.25, 0.3) is 0 Å². The highest BCUT2D eigenvalue weighted by molar-refractivity contribution is 5.77. The van der Waals surface area contributed by atoms with Gasteiger partial charge in [-0.15, -0.1) is 0 Å². The molecule has 0 spiro atoms. The molecule has 166 valence electrons. The monoisotopic (exact) mass is 433 g/mol. The molecule has 0 atom stereocenters. The molecule has 4 rings (SSSR count). The summed E-state index contributed by atoms with van der Waals surface area (Å²) in [5.41, 5.74) is 9.22. The first kappa shape index (κ1) is 21.4. The average Bonchev–Trinajstić information content (AvgIpc) is 3.19. The predicted octanol–water partition coefficient (Wildman–Crippen LogP) is 3.04. The fourth-order valence-corrected chi connectivity index (χ4v) is 3.76. The van der Waals surface area contributed by atoms with E-state index in [1.165, 1.54) is 0 Å². The standard InChI is InChI=1S/C24H27N5O3/c1-18-17-23(29(26-18)20-8-3-2-4-9-20)32-24(31)28-15-13-27(14-16-28)22(30)12-11-19-7-5-6-10-21(19)25/h2-10,17H,11-16,25H2,1H3. The minimum Gasteiger partial charge on any atom is -0.399 e. The van der Waals surface area contributed by atoms with Gasteiger partial charge in [0, 0.05) is 44.4 Å². The third-order valence-electron chi connectivity index (χ3n) is 5.55. The number of nitrogens with zero attached hydrogens (tertiary/aromatic N) is 4. The third-order valence-corrected chi connectivity index (χ3v) is 5.55. The lowest BCUT2D eigenvalue weighted by Crippen LogP contribution is -2.51. The number of nitrogen functional groups attached to an aromatic ring is 1. The van der Waals surface area contributed by atoms with Gasteiger partial charge in [0.05, 0.1) is 11.4 Å². The Morgan fingerprint density at radius 1 is 0.969 bits per heavy atom. The molecule has 8 nitrogen and oxygen atoms in total. The molecule has 1 fully saturated rings. The smallest absolute Gasteiger partial charge is 0.399 e. The first-order valence-corrected chi connectivity index (χ1v) is 10.7. The number of hydrogen-bond donors (Lipinski definition) is 1. The summed E-state index contributed by atoms with van der Waals surface area (Å²) in [6.45, 7) is 3.67. The van der Waals surface area contributed by atoms with Gasteiger partial charge in [0.15, 0.2) is 0 Å². The van der Waals surface area contributed by atoms with Crippen LogP contribution in [0.3, 0.4) is 0 Å². The second-order valence-corrected chi connectivity index (χ2v) is 7.81. The van der Waals surface area contributed by atoms with Crippen LogP contribution >= 0.6 is 0 Å². The normalized spacial score (nSPS) is 13.8. The van der Waals surface area contributed by atoms with Crippen LogP contribution in [0.5, 0.6) is 5.88 Å². The molecule has 3 aromatic rings. The quantitative estimate of drug-likeness (QED) is 0.624. The molecular weight excluding hydrogens is 406 g/mol. The summed E-state index contributed by atoms with van der Waals surface area (Å²) in [5, 5.41) is 4.43. The van der Waals surface area contributed by atoms with Gasteiger partial charge in [-0.3, -0.25) is 4.79 Å². The average molecular weight is 434 g/mol. The zero-order chi connectivity index (χ0) is 22.5. The zero-order valence-corrected chi connectivity index (χ0v) is 18.1. The van der Waals surface area contributed by atoms with Crippen LogP contribution in [-0.4, -0.2) is 57.8 Å². The molecule has 32 heavy (non-hydrogen) atoms. The maximum absolute atomic E-state index is 12.7. The SMILES string of the molecule is Cc1cc(OC(=O)N2CCN(C(=O)CCc3ccccc3N)CC2)n(-c2ccccc2)n1. The highest BCUT2D eigenvalue weighted by atomic mass is 16.6. The Bertz CT molecular complexity index is 1090. The van der Waals surface area contributed by atoms with Crippen molar-refractivity contribution in [3.05, 3.63) is 71.9 Å². The van der Waals surface area contributed by atoms with E-state index in [-0.39, 0.29) is 5.91 Å². The van der Waals surface area contributed by atoms with E-state index >= 15 is 0 Å². The number of rotatable bonds is 5. The Hall–Kier alpha value is -3.81. The largest absolute Gasteiger partial charge is 0.416 e. The summed E-state index contributed by atoms with van der Waals surface area (Å²) in [7, 11) is 0. The summed E-state index contributed by atoms with van der Waals surface area (Å²) < 4.78 is 7.26. The lowest BCUT2D eigenvalue weighted by atomic mass is 10.1. The van der Waals surface area contributed by atoms with Crippen molar-refractivity contribution in [2.24, 2.45) is 0 Å². The van der Waals surface area contributed by atoms with Crippen LogP contribution in [0, 0.1) is 6.92 Å². The molecule has 2 aromatic carbocycles. The number of nitrogens with two attached hydrogens (primary N) is 1. The van der Waals surface area contributed by atoms with Gasteiger partial charge in [-0.2, -0.15) is 5.10 Å². The molecule has 0 bridgehead atoms. The maximum atomic E-state index is 12.7. The van der Waals surface area contributed by atoms with E-state index in [4.69, 9.17) is 10.5 Å². The number of ether oxygens (including phenoxy) is 1. The molecule has 2 amide bonds. The lowest BCUT2D eigenvalue weighted by molar-refractivity contribution is -0.132. The number of aryl methyl sites for hydroxylation is 2. The number of aromatic nitrogens is 2. The van der Waals surface area contributed by atoms with Gasteiger partial charge < -0.3 is 20.3 Å². The number of carbonyl (C=O) groups is 2. The molecule has 0 unspecified atom stereocenters. The van der Waals surface area contributed by atoms with Crippen LogP contribution in [0.4, 0.5) is 10.5 Å². The Balaban J connectivity index is 1.31. The fourth-order valence-electron chi connectivity index (χ4n) is 3.76. The van der Waals surface area contributed by atoms with E-state index in [2.05, 4.69) is 5.10 Å². The van der Waals surface area contributed by atoms with Gasteiger partial charge in [-0.05, 0) is 37.1 Å². The molecule has 1 saturated heterocycles. The zero-order valence-electron chi connectivity index (χ0n) is 18.1. The van der Waals surface area contributed by atoms with Gasteiger partial charge in [0.1, 0.15) is 0 Å². The Labute approximate surface area is 187 Å². The first-order valence-electron chi connectivity index (χ1n) is 10.7. The highest BCUT2D eigenvalue weighted by Crippen LogP contribution is 2.20.